The molecule has 3 saturated carbocycles. The molecule has 5 nitrogen and oxygen atoms in total. The van der Waals surface area contributed by atoms with Gasteiger partial charge in [-0.1, -0.05) is 27.7 Å². The molecule has 0 aromatic rings. The minimum atomic E-state index is -1.29. The Balaban J connectivity index is 1.67. The molecule has 4 aliphatic carbocycles. The lowest BCUT2D eigenvalue weighted by Gasteiger charge is -2.60. The van der Waals surface area contributed by atoms with Gasteiger partial charge in [-0.15, -0.1) is 0 Å². The molecule has 5 heteroatoms. The smallest absolute Gasteiger partial charge is 0.159 e. The van der Waals surface area contributed by atoms with Gasteiger partial charge in [-0.05, 0) is 99.5 Å². The second kappa shape index (κ2) is 7.90. The molecule has 32 heavy (non-hydrogen) atoms. The zero-order valence-electron chi connectivity index (χ0n) is 20.6. The highest BCUT2D eigenvalue weighted by Crippen LogP contribution is 2.68. The van der Waals surface area contributed by atoms with E-state index in [2.05, 4.69) is 27.7 Å². The Hall–Kier alpha value is -0.750. The highest BCUT2D eigenvalue weighted by Gasteiger charge is 2.68. The van der Waals surface area contributed by atoms with Crippen LogP contribution in [0.5, 0.6) is 0 Å². The van der Waals surface area contributed by atoms with E-state index in [1.54, 1.807) is 13.0 Å². The molecule has 0 bridgehead atoms. The first-order valence-corrected chi connectivity index (χ1v) is 12.8. The molecule has 3 fully saturated rings. The predicted octanol–water partition coefficient (Wildman–Crippen LogP) is 3.77. The summed E-state index contributed by atoms with van der Waals surface area (Å²) in [7, 11) is 0. The summed E-state index contributed by atoms with van der Waals surface area (Å²) in [5.41, 5.74) is -2.38. The Bertz CT molecular complexity index is 787. The van der Waals surface area contributed by atoms with E-state index in [0.29, 0.717) is 38.0 Å². The van der Waals surface area contributed by atoms with Crippen molar-refractivity contribution in [3.8, 4) is 0 Å². The summed E-state index contributed by atoms with van der Waals surface area (Å²) in [6, 6.07) is 0. The maximum absolute atomic E-state index is 13.2. The zero-order valence-corrected chi connectivity index (χ0v) is 20.6. The van der Waals surface area contributed by atoms with Crippen LogP contribution in [0.25, 0.3) is 0 Å². The van der Waals surface area contributed by atoms with Gasteiger partial charge in [0.1, 0.15) is 0 Å². The number of aliphatic hydroxyl groups is 4. The van der Waals surface area contributed by atoms with Crippen LogP contribution >= 0.6 is 0 Å². The molecule has 9 atom stereocenters. The number of allylic oxidation sites excluding steroid dienone is 1. The molecular weight excluding hydrogens is 404 g/mol. The Kier molecular flexibility index (Phi) is 6.02. The average Bonchev–Trinajstić information content (AvgIpc) is 3.00. The average molecular weight is 449 g/mol. The molecule has 0 heterocycles. The van der Waals surface area contributed by atoms with E-state index >= 15 is 0 Å². The first kappa shape index (κ1) is 24.4. The number of carbonyl (C=O) groups excluding carboxylic acids is 1. The SMILES string of the molecule is CC(C)CC[C@@H](O)[C@](C)(O)[C@H]1CC[C@@]2(O)C3=CC(=O)[C@H]4C[C@@H](O)CC[C@]4(C)[C@H]3CC[C@]12C. The summed E-state index contributed by atoms with van der Waals surface area (Å²) in [5.74, 6) is 0.213. The van der Waals surface area contributed by atoms with Crippen molar-refractivity contribution in [2.75, 3.05) is 0 Å². The third-order valence-corrected chi connectivity index (χ3v) is 10.5. The minimum absolute atomic E-state index is 0.0438. The lowest BCUT2D eigenvalue weighted by Crippen LogP contribution is -2.62. The van der Waals surface area contributed by atoms with E-state index in [0.717, 1.165) is 31.3 Å². The third kappa shape index (κ3) is 3.37. The number of aliphatic hydroxyl groups excluding tert-OH is 2. The molecule has 182 valence electrons. The van der Waals surface area contributed by atoms with E-state index in [4.69, 9.17) is 0 Å². The molecule has 4 rings (SSSR count). The first-order valence-electron chi connectivity index (χ1n) is 12.8. The minimum Gasteiger partial charge on any atom is -0.393 e. The monoisotopic (exact) mass is 448 g/mol. The molecule has 0 aromatic heterocycles. The maximum Gasteiger partial charge on any atom is 0.159 e. The van der Waals surface area contributed by atoms with Gasteiger partial charge in [-0.25, -0.2) is 0 Å². The van der Waals surface area contributed by atoms with Crippen molar-refractivity contribution in [2.24, 2.45) is 34.5 Å². The van der Waals surface area contributed by atoms with Crippen molar-refractivity contribution in [3.05, 3.63) is 11.6 Å². The molecule has 0 unspecified atom stereocenters. The van der Waals surface area contributed by atoms with Crippen molar-refractivity contribution in [3.63, 3.8) is 0 Å². The van der Waals surface area contributed by atoms with Gasteiger partial charge in [0.25, 0.3) is 0 Å². The lowest BCUT2D eigenvalue weighted by molar-refractivity contribution is -0.171. The first-order chi connectivity index (χ1) is 14.8. The lowest BCUT2D eigenvalue weighted by atomic mass is 9.46. The highest BCUT2D eigenvalue weighted by molar-refractivity contribution is 5.95. The summed E-state index contributed by atoms with van der Waals surface area (Å²) in [4.78, 5) is 13.2. The van der Waals surface area contributed by atoms with Gasteiger partial charge in [0.2, 0.25) is 0 Å². The fourth-order valence-electron chi connectivity index (χ4n) is 8.27. The Morgan fingerprint density at radius 2 is 1.78 bits per heavy atom. The number of hydrogen-bond donors (Lipinski definition) is 4. The van der Waals surface area contributed by atoms with Crippen LogP contribution in [0, 0.1) is 34.5 Å². The van der Waals surface area contributed by atoms with Crippen LogP contribution in [0.4, 0.5) is 0 Å². The van der Waals surface area contributed by atoms with E-state index in [1.807, 2.05) is 0 Å². The van der Waals surface area contributed by atoms with Gasteiger partial charge in [0.05, 0.1) is 23.4 Å². The fraction of sp³-hybridized carbons (Fsp3) is 0.889. The van der Waals surface area contributed by atoms with E-state index < -0.39 is 28.8 Å². The molecule has 0 amide bonds. The van der Waals surface area contributed by atoms with Crippen LogP contribution in [0.2, 0.25) is 0 Å². The van der Waals surface area contributed by atoms with Crippen molar-refractivity contribution in [1.82, 2.24) is 0 Å². The summed E-state index contributed by atoms with van der Waals surface area (Å²) in [6.07, 6.45) is 6.66. The van der Waals surface area contributed by atoms with Crippen LogP contribution in [0.3, 0.4) is 0 Å². The number of carbonyl (C=O) groups is 1. The quantitative estimate of drug-likeness (QED) is 0.513. The van der Waals surface area contributed by atoms with E-state index in [1.165, 1.54) is 0 Å². The Morgan fingerprint density at radius 3 is 2.44 bits per heavy atom. The molecule has 4 aliphatic rings. The number of ketones is 1. The number of rotatable bonds is 5. The molecule has 0 saturated heterocycles. The Morgan fingerprint density at radius 1 is 1.09 bits per heavy atom. The fourth-order valence-corrected chi connectivity index (χ4v) is 8.27. The highest BCUT2D eigenvalue weighted by atomic mass is 16.3. The second-order valence-corrected chi connectivity index (χ2v) is 12.7. The largest absolute Gasteiger partial charge is 0.393 e. The van der Waals surface area contributed by atoms with Gasteiger partial charge in [-0.3, -0.25) is 4.79 Å². The standard InChI is InChI=1S/C27H44O5/c1-16(2)6-7-23(30)26(5,31)22-10-13-27(32)19-15-21(29)20-14-17(28)8-11-24(20,3)18(19)9-12-25(22,27)4/h15-18,20,22-23,28,30-32H,6-14H2,1-5H3/t17-,18-,20+,22-,23+,24+,25+,26+,27+/m0/s1. The van der Waals surface area contributed by atoms with Crippen molar-refractivity contribution < 1.29 is 25.2 Å². The predicted molar refractivity (Wildman–Crippen MR) is 124 cm³/mol. The van der Waals surface area contributed by atoms with Crippen LogP contribution in [-0.2, 0) is 4.79 Å². The van der Waals surface area contributed by atoms with Crippen LogP contribution in [0.15, 0.2) is 11.6 Å². The van der Waals surface area contributed by atoms with E-state index in [9.17, 15) is 25.2 Å². The van der Waals surface area contributed by atoms with E-state index in [-0.39, 0.29) is 29.0 Å². The zero-order chi connectivity index (χ0) is 23.7. The molecule has 0 radical (unpaired) electrons. The van der Waals surface area contributed by atoms with Crippen molar-refractivity contribution in [1.29, 1.82) is 0 Å². The second-order valence-electron chi connectivity index (χ2n) is 12.7. The summed E-state index contributed by atoms with van der Waals surface area (Å²) >= 11 is 0. The van der Waals surface area contributed by atoms with Crippen molar-refractivity contribution >= 4 is 5.78 Å². The van der Waals surface area contributed by atoms with Gasteiger partial charge in [0, 0.05) is 11.3 Å². The van der Waals surface area contributed by atoms with Gasteiger partial charge < -0.3 is 20.4 Å². The van der Waals surface area contributed by atoms with Gasteiger partial charge >= 0.3 is 0 Å². The summed E-state index contributed by atoms with van der Waals surface area (Å²) < 4.78 is 0. The third-order valence-electron chi connectivity index (χ3n) is 10.5. The van der Waals surface area contributed by atoms with Gasteiger partial charge in [0.15, 0.2) is 5.78 Å². The van der Waals surface area contributed by atoms with Crippen LogP contribution in [-0.4, -0.2) is 49.6 Å². The topological polar surface area (TPSA) is 98.0 Å². The van der Waals surface area contributed by atoms with Crippen LogP contribution < -0.4 is 0 Å². The van der Waals surface area contributed by atoms with Crippen LogP contribution in [0.1, 0.15) is 92.4 Å². The summed E-state index contributed by atoms with van der Waals surface area (Å²) in [5, 5.41) is 44.9. The molecule has 0 aliphatic heterocycles. The normalized spacial score (nSPS) is 46.7. The Labute approximate surface area is 193 Å². The molecule has 4 N–H and O–H groups in total. The van der Waals surface area contributed by atoms with Crippen molar-refractivity contribution in [2.45, 2.75) is 116 Å². The number of fused-ring (bicyclic) bond motifs is 5. The molecule has 0 spiro atoms. The molecular formula is C27H44O5. The molecule has 0 aromatic carbocycles. The maximum atomic E-state index is 13.2. The number of hydrogen-bond acceptors (Lipinski definition) is 5. The van der Waals surface area contributed by atoms with Gasteiger partial charge in [-0.2, -0.15) is 0 Å². The summed E-state index contributed by atoms with van der Waals surface area (Å²) in [6.45, 7) is 10.2.